The van der Waals surface area contributed by atoms with Crippen LogP contribution in [0.4, 0.5) is 15.8 Å². The Labute approximate surface area is 204 Å². The summed E-state index contributed by atoms with van der Waals surface area (Å²) < 4.78 is 22.8. The van der Waals surface area contributed by atoms with E-state index in [1.54, 1.807) is 23.9 Å². The minimum atomic E-state index is -0.782. The van der Waals surface area contributed by atoms with Gasteiger partial charge in [0.25, 0.3) is 0 Å². The number of hydrogen-bond acceptors (Lipinski definition) is 6. The molecule has 5 nitrogen and oxygen atoms in total. The van der Waals surface area contributed by atoms with Crippen LogP contribution in [0.25, 0.3) is 0 Å². The van der Waals surface area contributed by atoms with Gasteiger partial charge in [0.15, 0.2) is 0 Å². The minimum absolute atomic E-state index is 0.193. The van der Waals surface area contributed by atoms with Gasteiger partial charge in [-0.1, -0.05) is 33.6 Å². The molecule has 33 heavy (non-hydrogen) atoms. The highest BCUT2D eigenvalue weighted by molar-refractivity contribution is 7.99. The molecule has 0 bridgehead atoms. The van der Waals surface area contributed by atoms with Crippen molar-refractivity contribution in [3.05, 3.63) is 42.2 Å². The molecular weight excluding hydrogens is 459 g/mol. The van der Waals surface area contributed by atoms with Crippen molar-refractivity contribution in [2.45, 2.75) is 56.2 Å². The Morgan fingerprint density at radius 3 is 2.48 bits per heavy atom. The fraction of sp³-hybridized carbons (Fsp3) is 0.480. The number of benzene rings is 2. The topological polar surface area (TPSA) is 61.8 Å². The molecule has 0 unspecified atom stereocenters. The zero-order chi connectivity index (χ0) is 23.8. The van der Waals surface area contributed by atoms with E-state index in [1.807, 2.05) is 6.07 Å². The number of halogens is 1. The number of carboxylic acids is 1. The van der Waals surface area contributed by atoms with Gasteiger partial charge in [0.2, 0.25) is 0 Å². The van der Waals surface area contributed by atoms with Crippen molar-refractivity contribution in [2.75, 3.05) is 30.3 Å². The second-order valence-corrected chi connectivity index (χ2v) is 10.4. The number of ether oxygens (including phenoxy) is 1. The molecule has 1 aliphatic carbocycles. The third-order valence-corrected chi connectivity index (χ3v) is 7.50. The van der Waals surface area contributed by atoms with Gasteiger partial charge in [-0.25, -0.2) is 4.39 Å². The first kappa shape index (κ1) is 25.7. The lowest BCUT2D eigenvalue weighted by atomic mass is 10.1. The highest BCUT2D eigenvalue weighted by atomic mass is 32.2. The summed E-state index contributed by atoms with van der Waals surface area (Å²) in [6.45, 7) is 8.15. The first-order chi connectivity index (χ1) is 15.9. The van der Waals surface area contributed by atoms with Crippen molar-refractivity contribution in [2.24, 2.45) is 5.41 Å². The average molecular weight is 493 g/mol. The van der Waals surface area contributed by atoms with E-state index in [1.165, 1.54) is 36.9 Å². The van der Waals surface area contributed by atoms with Crippen molar-refractivity contribution in [1.29, 1.82) is 0 Å². The van der Waals surface area contributed by atoms with Crippen molar-refractivity contribution in [1.82, 2.24) is 4.72 Å². The Balaban J connectivity index is 0.000000709. The Kier molecular flexibility index (Phi) is 9.35. The molecule has 8 heteroatoms. The third-order valence-electron chi connectivity index (χ3n) is 5.69. The summed E-state index contributed by atoms with van der Waals surface area (Å²) >= 11 is 3.21. The van der Waals surface area contributed by atoms with E-state index in [2.05, 4.69) is 36.5 Å². The fourth-order valence-electron chi connectivity index (χ4n) is 3.29. The first-order valence-electron chi connectivity index (χ1n) is 11.5. The highest BCUT2D eigenvalue weighted by Crippen LogP contribution is 2.48. The van der Waals surface area contributed by atoms with E-state index in [0.717, 1.165) is 45.8 Å². The second-order valence-electron chi connectivity index (χ2n) is 8.20. The molecule has 0 aromatic heterocycles. The number of carboxylic acid groups (broad SMARTS) is 1. The number of nitrogens with zero attached hydrogens (tertiary/aromatic N) is 1. The van der Waals surface area contributed by atoms with Gasteiger partial charge in [-0.05, 0) is 66.9 Å². The van der Waals surface area contributed by atoms with Gasteiger partial charge in [0, 0.05) is 18.8 Å². The standard InChI is InChI=1S/C21H23FN2O3S2.C4H10/c1-2-28-19-11-16-18(12-17(19)27-13-21(7-8-21)20(25)26)29-23-9-10-24(16)15-5-3-14(22)4-6-15;1-3-4-2/h3-6,11-12,23H,2,7-10,13H2,1H3,(H,25,26);3-4H2,1-2H3. The summed E-state index contributed by atoms with van der Waals surface area (Å²) in [5.41, 5.74) is 1.24. The minimum Gasteiger partial charge on any atom is -0.491 e. The number of unbranched alkanes of at least 4 members (excludes halogenated alkanes) is 1. The van der Waals surface area contributed by atoms with E-state index < -0.39 is 11.4 Å². The summed E-state index contributed by atoms with van der Waals surface area (Å²) in [6.07, 6.45) is 3.97. The predicted molar refractivity (Wildman–Crippen MR) is 135 cm³/mol. The van der Waals surface area contributed by atoms with Gasteiger partial charge in [-0.3, -0.25) is 9.52 Å². The maximum absolute atomic E-state index is 13.4. The maximum atomic E-state index is 13.4. The van der Waals surface area contributed by atoms with Crippen LogP contribution in [0.15, 0.2) is 46.2 Å². The lowest BCUT2D eigenvalue weighted by molar-refractivity contribution is -0.144. The third kappa shape index (κ3) is 6.58. The molecule has 1 heterocycles. The van der Waals surface area contributed by atoms with Gasteiger partial charge in [-0.15, -0.1) is 11.8 Å². The molecule has 2 aromatic carbocycles. The number of hydrogen-bond donors (Lipinski definition) is 2. The molecule has 4 rings (SSSR count). The van der Waals surface area contributed by atoms with Crippen LogP contribution in [0.2, 0.25) is 0 Å². The van der Waals surface area contributed by atoms with E-state index in [-0.39, 0.29) is 12.4 Å². The fourth-order valence-corrected chi connectivity index (χ4v) is 4.84. The number of aliphatic carboxylic acids is 1. The maximum Gasteiger partial charge on any atom is 0.313 e. The quantitative estimate of drug-likeness (QED) is 0.313. The molecule has 0 amide bonds. The Morgan fingerprint density at radius 2 is 1.91 bits per heavy atom. The lowest BCUT2D eigenvalue weighted by Crippen LogP contribution is -2.24. The molecule has 0 atom stereocenters. The molecule has 0 saturated heterocycles. The number of nitrogens with one attached hydrogen (secondary N) is 1. The average Bonchev–Trinajstić information content (AvgIpc) is 3.63. The van der Waals surface area contributed by atoms with Crippen molar-refractivity contribution < 1.29 is 19.0 Å². The molecule has 1 saturated carbocycles. The summed E-state index contributed by atoms with van der Waals surface area (Å²) in [5.74, 6) is 0.560. The molecule has 180 valence electrons. The van der Waals surface area contributed by atoms with Gasteiger partial charge < -0.3 is 14.7 Å². The summed E-state index contributed by atoms with van der Waals surface area (Å²) in [4.78, 5) is 15.6. The van der Waals surface area contributed by atoms with Crippen LogP contribution in [0.5, 0.6) is 5.75 Å². The number of fused-ring (bicyclic) bond motifs is 1. The molecule has 0 radical (unpaired) electrons. The molecule has 0 spiro atoms. The monoisotopic (exact) mass is 492 g/mol. The van der Waals surface area contributed by atoms with Crippen LogP contribution >= 0.6 is 23.7 Å². The van der Waals surface area contributed by atoms with Crippen LogP contribution in [-0.2, 0) is 4.79 Å². The first-order valence-corrected chi connectivity index (χ1v) is 13.3. The van der Waals surface area contributed by atoms with E-state index in [0.29, 0.717) is 12.8 Å². The molecule has 2 aliphatic rings. The Hall–Kier alpha value is -1.90. The number of thioether (sulfide) groups is 1. The summed E-state index contributed by atoms with van der Waals surface area (Å²) in [7, 11) is 0. The van der Waals surface area contributed by atoms with Gasteiger partial charge in [-0.2, -0.15) is 0 Å². The van der Waals surface area contributed by atoms with Crippen molar-refractivity contribution in [3.63, 3.8) is 0 Å². The van der Waals surface area contributed by atoms with Crippen LogP contribution in [0, 0.1) is 11.2 Å². The normalized spacial score (nSPS) is 16.2. The second kappa shape index (κ2) is 12.0. The summed E-state index contributed by atoms with van der Waals surface area (Å²) in [5, 5.41) is 9.43. The number of rotatable bonds is 8. The van der Waals surface area contributed by atoms with E-state index in [9.17, 15) is 14.3 Å². The molecule has 2 aromatic rings. The van der Waals surface area contributed by atoms with Gasteiger partial charge in [0.1, 0.15) is 23.6 Å². The van der Waals surface area contributed by atoms with E-state index >= 15 is 0 Å². The van der Waals surface area contributed by atoms with E-state index in [4.69, 9.17) is 4.74 Å². The molecule has 1 fully saturated rings. The van der Waals surface area contributed by atoms with Crippen LogP contribution in [0.1, 0.15) is 46.5 Å². The number of carbonyl (C=O) groups is 1. The highest BCUT2D eigenvalue weighted by Gasteiger charge is 2.51. The molecule has 2 N–H and O–H groups in total. The van der Waals surface area contributed by atoms with Crippen LogP contribution in [-0.4, -0.2) is 36.5 Å². The van der Waals surface area contributed by atoms with Crippen LogP contribution in [0.3, 0.4) is 0 Å². The zero-order valence-corrected chi connectivity index (χ0v) is 21.2. The van der Waals surface area contributed by atoms with Crippen molar-refractivity contribution in [3.8, 4) is 5.75 Å². The van der Waals surface area contributed by atoms with Crippen LogP contribution < -0.4 is 14.4 Å². The Bertz CT molecular complexity index is 934. The predicted octanol–water partition coefficient (Wildman–Crippen LogP) is 6.74. The van der Waals surface area contributed by atoms with Crippen molar-refractivity contribution >= 4 is 41.1 Å². The molecular formula is C25H33FN2O3S2. The SMILES string of the molecule is CCCC.CCSc1cc2c(cc1OCC1(C(=O)O)CC1)SNCCN2c1ccc(F)cc1. The van der Waals surface area contributed by atoms with Gasteiger partial charge in [0.05, 0.1) is 15.5 Å². The number of anilines is 2. The van der Waals surface area contributed by atoms with Gasteiger partial charge >= 0.3 is 5.97 Å². The zero-order valence-electron chi connectivity index (χ0n) is 19.5. The lowest BCUT2D eigenvalue weighted by Gasteiger charge is -2.26. The summed E-state index contributed by atoms with van der Waals surface area (Å²) in [6, 6.07) is 10.6. The smallest absolute Gasteiger partial charge is 0.313 e. The largest absolute Gasteiger partial charge is 0.491 e. The Morgan fingerprint density at radius 1 is 1.21 bits per heavy atom. The molecule has 1 aliphatic heterocycles.